The van der Waals surface area contributed by atoms with Gasteiger partial charge in [0.15, 0.2) is 0 Å². The summed E-state index contributed by atoms with van der Waals surface area (Å²) in [7, 11) is 0. The van der Waals surface area contributed by atoms with Crippen LogP contribution in [0.25, 0.3) is 0 Å². The molecule has 0 aromatic heterocycles. The van der Waals surface area contributed by atoms with Crippen LogP contribution in [0.1, 0.15) is 59.8 Å². The third-order valence-electron chi connectivity index (χ3n) is 4.09. The second-order valence-electron chi connectivity index (χ2n) is 7.13. The minimum atomic E-state index is 0.813. The van der Waals surface area contributed by atoms with Crippen LogP contribution >= 0.6 is 0 Å². The maximum Gasteiger partial charge on any atom is 0.0110 e. The number of unbranched alkanes of at least 4 members (excludes halogenated alkanes) is 3. The summed E-state index contributed by atoms with van der Waals surface area (Å²) >= 11 is 0. The molecule has 114 valence electrons. The number of rotatable bonds is 9. The zero-order valence-corrected chi connectivity index (χ0v) is 13.8. The van der Waals surface area contributed by atoms with Crippen LogP contribution in [0.3, 0.4) is 0 Å². The molecule has 0 aromatic rings. The van der Waals surface area contributed by atoms with Crippen molar-refractivity contribution in [3.05, 3.63) is 0 Å². The van der Waals surface area contributed by atoms with E-state index in [0.717, 1.165) is 11.8 Å². The quantitative estimate of drug-likeness (QED) is 0.586. The van der Waals surface area contributed by atoms with Crippen LogP contribution in [0.15, 0.2) is 0 Å². The number of hydrogen-bond acceptors (Lipinski definition) is 2. The maximum absolute atomic E-state index is 2.67. The van der Waals surface area contributed by atoms with Crippen LogP contribution < -0.4 is 0 Å². The first-order valence-corrected chi connectivity index (χ1v) is 8.52. The Morgan fingerprint density at radius 1 is 0.684 bits per heavy atom. The van der Waals surface area contributed by atoms with Crippen molar-refractivity contribution in [2.24, 2.45) is 11.8 Å². The lowest BCUT2D eigenvalue weighted by atomic mass is 10.0. The maximum atomic E-state index is 2.67. The molecular formula is C17H36N2. The highest BCUT2D eigenvalue weighted by Gasteiger charge is 2.16. The molecule has 2 nitrogen and oxygen atoms in total. The fourth-order valence-electron chi connectivity index (χ4n) is 2.95. The zero-order valence-electron chi connectivity index (χ0n) is 13.8. The van der Waals surface area contributed by atoms with Crippen molar-refractivity contribution in [1.29, 1.82) is 0 Å². The van der Waals surface area contributed by atoms with Crippen LogP contribution in [0.5, 0.6) is 0 Å². The topological polar surface area (TPSA) is 6.48 Å². The van der Waals surface area contributed by atoms with E-state index in [0.29, 0.717) is 0 Å². The number of nitrogens with zero attached hydrogens (tertiary/aromatic N) is 2. The van der Waals surface area contributed by atoms with Gasteiger partial charge in [-0.25, -0.2) is 0 Å². The molecular weight excluding hydrogens is 232 g/mol. The SMILES string of the molecule is CC(C)CCCCCCN1CCN(CC(C)C)CC1. The summed E-state index contributed by atoms with van der Waals surface area (Å²) < 4.78 is 0. The molecule has 0 bridgehead atoms. The lowest BCUT2D eigenvalue weighted by molar-refractivity contribution is 0.121. The van der Waals surface area contributed by atoms with E-state index in [1.807, 2.05) is 0 Å². The molecule has 0 atom stereocenters. The molecule has 0 N–H and O–H groups in total. The molecule has 0 radical (unpaired) electrons. The van der Waals surface area contributed by atoms with Gasteiger partial charge >= 0.3 is 0 Å². The van der Waals surface area contributed by atoms with E-state index >= 15 is 0 Å². The fraction of sp³-hybridized carbons (Fsp3) is 1.00. The Kier molecular flexibility index (Phi) is 8.72. The Balaban J connectivity index is 1.95. The van der Waals surface area contributed by atoms with Gasteiger partial charge in [-0.2, -0.15) is 0 Å². The smallest absolute Gasteiger partial charge is 0.0110 e. The van der Waals surface area contributed by atoms with Crippen LogP contribution in [-0.4, -0.2) is 49.1 Å². The average molecular weight is 268 g/mol. The van der Waals surface area contributed by atoms with E-state index in [1.165, 1.54) is 71.4 Å². The van der Waals surface area contributed by atoms with Gasteiger partial charge in [-0.15, -0.1) is 0 Å². The molecule has 0 saturated carbocycles. The summed E-state index contributed by atoms with van der Waals surface area (Å²) in [4.78, 5) is 5.29. The molecule has 1 aliphatic rings. The number of piperazine rings is 1. The van der Waals surface area contributed by atoms with E-state index in [-0.39, 0.29) is 0 Å². The fourth-order valence-corrected chi connectivity index (χ4v) is 2.95. The second-order valence-corrected chi connectivity index (χ2v) is 7.13. The molecule has 0 aliphatic carbocycles. The minimum Gasteiger partial charge on any atom is -0.301 e. The second kappa shape index (κ2) is 9.77. The largest absolute Gasteiger partial charge is 0.301 e. The molecule has 1 saturated heterocycles. The summed E-state index contributed by atoms with van der Waals surface area (Å²) in [6.07, 6.45) is 7.11. The van der Waals surface area contributed by atoms with Crippen molar-refractivity contribution in [1.82, 2.24) is 9.80 Å². The van der Waals surface area contributed by atoms with Gasteiger partial charge in [0.05, 0.1) is 0 Å². The van der Waals surface area contributed by atoms with Crippen LogP contribution in [0, 0.1) is 11.8 Å². The molecule has 0 amide bonds. The lowest BCUT2D eigenvalue weighted by Gasteiger charge is -2.35. The molecule has 0 unspecified atom stereocenters. The summed E-state index contributed by atoms with van der Waals surface area (Å²) in [5, 5.41) is 0. The zero-order chi connectivity index (χ0) is 14.1. The van der Waals surface area contributed by atoms with Crippen molar-refractivity contribution < 1.29 is 0 Å². The van der Waals surface area contributed by atoms with Crippen molar-refractivity contribution >= 4 is 0 Å². The average Bonchev–Trinajstić information content (AvgIpc) is 2.34. The highest BCUT2D eigenvalue weighted by molar-refractivity contribution is 4.72. The Labute approximate surface area is 121 Å². The molecule has 0 aromatic carbocycles. The highest BCUT2D eigenvalue weighted by Crippen LogP contribution is 2.11. The van der Waals surface area contributed by atoms with Crippen molar-refractivity contribution in [3.63, 3.8) is 0 Å². The van der Waals surface area contributed by atoms with E-state index in [9.17, 15) is 0 Å². The van der Waals surface area contributed by atoms with E-state index in [4.69, 9.17) is 0 Å². The molecule has 1 fully saturated rings. The molecule has 2 heteroatoms. The first-order chi connectivity index (χ1) is 9.08. The molecule has 1 aliphatic heterocycles. The van der Waals surface area contributed by atoms with Crippen molar-refractivity contribution in [3.8, 4) is 0 Å². The van der Waals surface area contributed by atoms with Gasteiger partial charge in [-0.05, 0) is 24.8 Å². The summed E-state index contributed by atoms with van der Waals surface area (Å²) in [5.74, 6) is 1.70. The van der Waals surface area contributed by atoms with Gasteiger partial charge in [-0.3, -0.25) is 0 Å². The number of hydrogen-bond donors (Lipinski definition) is 0. The molecule has 0 spiro atoms. The molecule has 1 heterocycles. The van der Waals surface area contributed by atoms with E-state index in [2.05, 4.69) is 37.5 Å². The van der Waals surface area contributed by atoms with Gasteiger partial charge in [0.2, 0.25) is 0 Å². The molecule has 1 rings (SSSR count). The Morgan fingerprint density at radius 2 is 1.26 bits per heavy atom. The third kappa shape index (κ3) is 8.65. The normalized spacial score (nSPS) is 18.6. The first kappa shape index (κ1) is 17.0. The standard InChI is InChI=1S/C17H36N2/c1-16(2)9-7-5-6-8-10-18-11-13-19(14-12-18)15-17(3)4/h16-17H,5-15H2,1-4H3. The van der Waals surface area contributed by atoms with Crippen LogP contribution in [0.4, 0.5) is 0 Å². The minimum absolute atomic E-state index is 0.813. The summed E-state index contributed by atoms with van der Waals surface area (Å²) in [6, 6.07) is 0. The van der Waals surface area contributed by atoms with Crippen LogP contribution in [-0.2, 0) is 0 Å². The van der Waals surface area contributed by atoms with Gasteiger partial charge in [0.1, 0.15) is 0 Å². The summed E-state index contributed by atoms with van der Waals surface area (Å²) in [5.41, 5.74) is 0. The monoisotopic (exact) mass is 268 g/mol. The van der Waals surface area contributed by atoms with Gasteiger partial charge < -0.3 is 9.80 Å². The van der Waals surface area contributed by atoms with Gasteiger partial charge in [0.25, 0.3) is 0 Å². The van der Waals surface area contributed by atoms with E-state index in [1.54, 1.807) is 0 Å². The van der Waals surface area contributed by atoms with Crippen molar-refractivity contribution in [2.75, 3.05) is 39.3 Å². The van der Waals surface area contributed by atoms with Crippen LogP contribution in [0.2, 0.25) is 0 Å². The predicted octanol–water partition coefficient (Wildman–Crippen LogP) is 3.87. The Morgan fingerprint density at radius 3 is 1.84 bits per heavy atom. The highest BCUT2D eigenvalue weighted by atomic mass is 15.3. The van der Waals surface area contributed by atoms with Gasteiger partial charge in [0, 0.05) is 32.7 Å². The van der Waals surface area contributed by atoms with Crippen molar-refractivity contribution in [2.45, 2.75) is 59.8 Å². The molecule has 19 heavy (non-hydrogen) atoms. The Hall–Kier alpha value is -0.0800. The summed E-state index contributed by atoms with van der Waals surface area (Å²) in [6.45, 7) is 17.1. The van der Waals surface area contributed by atoms with E-state index < -0.39 is 0 Å². The van der Waals surface area contributed by atoms with Gasteiger partial charge in [-0.1, -0.05) is 53.4 Å². The first-order valence-electron chi connectivity index (χ1n) is 8.52. The Bertz CT molecular complexity index is 205. The predicted molar refractivity (Wildman–Crippen MR) is 85.6 cm³/mol. The third-order valence-corrected chi connectivity index (χ3v) is 4.09. The lowest BCUT2D eigenvalue weighted by Crippen LogP contribution is -2.47.